The summed E-state index contributed by atoms with van der Waals surface area (Å²) in [6.07, 6.45) is 0. The van der Waals surface area contributed by atoms with Gasteiger partial charge in [0.25, 0.3) is 0 Å². The molecule has 0 radical (unpaired) electrons. The number of aromatic nitrogens is 2. The van der Waals surface area contributed by atoms with Crippen molar-refractivity contribution in [2.24, 2.45) is 5.92 Å². The lowest BCUT2D eigenvalue weighted by molar-refractivity contribution is 0.324. The quantitative estimate of drug-likeness (QED) is 0.462. The molecule has 0 aliphatic carbocycles. The van der Waals surface area contributed by atoms with E-state index in [9.17, 15) is 5.26 Å². The molecule has 8 heteroatoms. The molecule has 30 heavy (non-hydrogen) atoms. The van der Waals surface area contributed by atoms with Crippen LogP contribution in [0.5, 0.6) is 17.2 Å². The van der Waals surface area contributed by atoms with Crippen LogP contribution in [0.15, 0.2) is 17.3 Å². The van der Waals surface area contributed by atoms with Gasteiger partial charge in [-0.2, -0.15) is 5.26 Å². The Labute approximate surface area is 183 Å². The maximum Gasteiger partial charge on any atom is 0.203 e. The van der Waals surface area contributed by atoms with E-state index >= 15 is 0 Å². The van der Waals surface area contributed by atoms with Crippen molar-refractivity contribution in [3.05, 3.63) is 17.7 Å². The second-order valence-electron chi connectivity index (χ2n) is 8.18. The third kappa shape index (κ3) is 5.70. The summed E-state index contributed by atoms with van der Waals surface area (Å²) in [6.45, 7) is 10.4. The van der Waals surface area contributed by atoms with Gasteiger partial charge in [-0.05, 0) is 38.8 Å². The lowest BCUT2D eigenvalue weighted by Gasteiger charge is -2.23. The van der Waals surface area contributed by atoms with E-state index in [2.05, 4.69) is 30.2 Å². The zero-order chi connectivity index (χ0) is 22.5. The average molecular weight is 431 g/mol. The lowest BCUT2D eigenvalue weighted by Crippen LogP contribution is -2.27. The number of hydrogen-bond donors (Lipinski definition) is 1. The van der Waals surface area contributed by atoms with Gasteiger partial charge < -0.3 is 19.5 Å². The van der Waals surface area contributed by atoms with Crippen molar-refractivity contribution in [1.82, 2.24) is 9.97 Å². The second-order valence-corrected chi connectivity index (χ2v) is 9.17. The van der Waals surface area contributed by atoms with Crippen LogP contribution in [0.3, 0.4) is 0 Å². The number of nitrogens with zero attached hydrogens (tertiary/aromatic N) is 3. The third-order valence-corrected chi connectivity index (χ3v) is 5.25. The van der Waals surface area contributed by atoms with Gasteiger partial charge in [-0.15, -0.1) is 0 Å². The van der Waals surface area contributed by atoms with Crippen molar-refractivity contribution >= 4 is 17.6 Å². The monoisotopic (exact) mass is 430 g/mol. The predicted molar refractivity (Wildman–Crippen MR) is 121 cm³/mol. The maximum atomic E-state index is 9.96. The molecule has 1 heterocycles. The van der Waals surface area contributed by atoms with Gasteiger partial charge in [0.2, 0.25) is 5.75 Å². The molecule has 0 aliphatic heterocycles. The summed E-state index contributed by atoms with van der Waals surface area (Å²) < 4.78 is 16.4. The highest BCUT2D eigenvalue weighted by atomic mass is 32.2. The maximum absolute atomic E-state index is 9.96. The molecule has 0 saturated heterocycles. The topological polar surface area (TPSA) is 89.3 Å². The Bertz CT molecular complexity index is 908. The van der Waals surface area contributed by atoms with Crippen LogP contribution in [-0.2, 0) is 0 Å². The van der Waals surface area contributed by atoms with Crippen molar-refractivity contribution < 1.29 is 14.2 Å². The molecule has 0 aliphatic rings. The first-order chi connectivity index (χ1) is 14.1. The number of hydrogen-bond acceptors (Lipinski definition) is 8. The van der Waals surface area contributed by atoms with E-state index < -0.39 is 0 Å². The number of ether oxygens (including phenoxy) is 3. The molecular formula is C22H30N4O3S. The summed E-state index contributed by atoms with van der Waals surface area (Å²) >= 11 is 1.57. The number of thioether (sulfide) groups is 1. The van der Waals surface area contributed by atoms with Crippen molar-refractivity contribution in [2.75, 3.05) is 32.4 Å². The third-order valence-electron chi connectivity index (χ3n) is 3.98. The minimum atomic E-state index is -0.271. The molecule has 0 bridgehead atoms. The number of methoxy groups -OCH3 is 3. The molecule has 0 fully saturated rings. The molecule has 2 rings (SSSR count). The number of benzene rings is 1. The first-order valence-electron chi connectivity index (χ1n) is 9.67. The van der Waals surface area contributed by atoms with Crippen LogP contribution in [0.1, 0.15) is 40.2 Å². The van der Waals surface area contributed by atoms with Crippen molar-refractivity contribution in [1.29, 1.82) is 5.26 Å². The van der Waals surface area contributed by atoms with Crippen LogP contribution in [0, 0.1) is 17.2 Å². The van der Waals surface area contributed by atoms with Crippen molar-refractivity contribution in [3.8, 4) is 34.6 Å². The van der Waals surface area contributed by atoms with Crippen LogP contribution in [0.4, 0.5) is 5.82 Å². The molecule has 162 valence electrons. The fraction of sp³-hybridized carbons (Fsp3) is 0.500. The normalized spacial score (nSPS) is 11.2. The zero-order valence-corrected chi connectivity index (χ0v) is 19.7. The molecule has 1 aromatic carbocycles. The average Bonchev–Trinajstić information content (AvgIpc) is 2.69. The molecule has 0 spiro atoms. The van der Waals surface area contributed by atoms with Gasteiger partial charge in [0.15, 0.2) is 16.7 Å². The minimum absolute atomic E-state index is 0.271. The summed E-state index contributed by atoms with van der Waals surface area (Å²) in [7, 11) is 4.67. The summed E-state index contributed by atoms with van der Waals surface area (Å²) in [6, 6.07) is 5.86. The van der Waals surface area contributed by atoms with Crippen LogP contribution < -0.4 is 19.5 Å². The van der Waals surface area contributed by atoms with E-state index in [4.69, 9.17) is 19.2 Å². The molecule has 0 unspecified atom stereocenters. The van der Waals surface area contributed by atoms with Gasteiger partial charge in [0, 0.05) is 16.9 Å². The van der Waals surface area contributed by atoms with Gasteiger partial charge in [-0.3, -0.25) is 0 Å². The SMILES string of the molecule is COc1cc(-c2nc(SCC(C)C)nc(NC(C)(C)C)c2C#N)cc(OC)c1OC. The highest BCUT2D eigenvalue weighted by Crippen LogP contribution is 2.42. The molecule has 0 saturated carbocycles. The first-order valence-corrected chi connectivity index (χ1v) is 10.7. The summed E-state index contributed by atoms with van der Waals surface area (Å²) in [5.74, 6) is 3.34. The Hall–Kier alpha value is -2.66. The van der Waals surface area contributed by atoms with Crippen LogP contribution >= 0.6 is 11.8 Å². The molecular weight excluding hydrogens is 400 g/mol. The number of rotatable bonds is 8. The van der Waals surface area contributed by atoms with E-state index in [1.807, 2.05) is 20.8 Å². The Morgan fingerprint density at radius 2 is 1.67 bits per heavy atom. The Kier molecular flexibility index (Phi) is 7.79. The number of nitriles is 1. The van der Waals surface area contributed by atoms with E-state index in [1.165, 1.54) is 0 Å². The first kappa shape index (κ1) is 23.6. The second kappa shape index (κ2) is 9.90. The van der Waals surface area contributed by atoms with Gasteiger partial charge in [-0.25, -0.2) is 9.97 Å². The van der Waals surface area contributed by atoms with Crippen LogP contribution in [0.2, 0.25) is 0 Å². The van der Waals surface area contributed by atoms with E-state index in [0.29, 0.717) is 51.0 Å². The fourth-order valence-corrected chi connectivity index (χ4v) is 3.52. The molecule has 1 N–H and O–H groups in total. The van der Waals surface area contributed by atoms with Crippen molar-refractivity contribution in [2.45, 2.75) is 45.3 Å². The smallest absolute Gasteiger partial charge is 0.203 e. The summed E-state index contributed by atoms with van der Waals surface area (Å²) in [4.78, 5) is 9.36. The Balaban J connectivity index is 2.75. The van der Waals surface area contributed by atoms with Gasteiger partial charge in [0.05, 0.1) is 27.0 Å². The largest absolute Gasteiger partial charge is 0.493 e. The number of nitrogens with one attached hydrogen (secondary N) is 1. The Morgan fingerprint density at radius 3 is 2.10 bits per heavy atom. The molecule has 1 aromatic heterocycles. The predicted octanol–water partition coefficient (Wildman–Crippen LogP) is 5.00. The van der Waals surface area contributed by atoms with Gasteiger partial charge >= 0.3 is 0 Å². The standard InChI is InChI=1S/C22H30N4O3S/c1-13(2)12-30-21-24-18(15(11-23)20(25-21)26-22(3,4)5)14-9-16(27-6)19(29-8)17(10-14)28-7/h9-10,13H,12H2,1-8H3,(H,24,25,26). The molecule has 7 nitrogen and oxygen atoms in total. The van der Waals surface area contributed by atoms with Crippen molar-refractivity contribution in [3.63, 3.8) is 0 Å². The summed E-state index contributed by atoms with van der Waals surface area (Å²) in [5, 5.41) is 13.9. The number of anilines is 1. The van der Waals surface area contributed by atoms with E-state index in [-0.39, 0.29) is 5.54 Å². The highest BCUT2D eigenvalue weighted by Gasteiger charge is 2.23. The highest BCUT2D eigenvalue weighted by molar-refractivity contribution is 7.99. The minimum Gasteiger partial charge on any atom is -0.493 e. The fourth-order valence-electron chi connectivity index (χ4n) is 2.72. The lowest BCUT2D eigenvalue weighted by atomic mass is 10.0. The Morgan fingerprint density at radius 1 is 1.07 bits per heavy atom. The van der Waals surface area contributed by atoms with Gasteiger partial charge in [0.1, 0.15) is 17.5 Å². The van der Waals surface area contributed by atoms with Crippen LogP contribution in [-0.4, -0.2) is 42.6 Å². The van der Waals surface area contributed by atoms with Crippen LogP contribution in [0.25, 0.3) is 11.3 Å². The van der Waals surface area contributed by atoms with E-state index in [0.717, 1.165) is 5.75 Å². The zero-order valence-electron chi connectivity index (χ0n) is 18.9. The summed E-state index contributed by atoms with van der Waals surface area (Å²) in [5.41, 5.74) is 1.30. The molecule has 0 amide bonds. The van der Waals surface area contributed by atoms with E-state index in [1.54, 1.807) is 45.2 Å². The molecule has 0 atom stereocenters. The molecule has 2 aromatic rings. The van der Waals surface area contributed by atoms with Gasteiger partial charge in [-0.1, -0.05) is 25.6 Å².